The van der Waals surface area contributed by atoms with Crippen molar-refractivity contribution in [1.82, 2.24) is 10.3 Å². The van der Waals surface area contributed by atoms with Gasteiger partial charge in [-0.15, -0.1) is 0 Å². The van der Waals surface area contributed by atoms with E-state index in [1.54, 1.807) is 24.3 Å². The van der Waals surface area contributed by atoms with Crippen molar-refractivity contribution in [1.29, 1.82) is 0 Å². The first kappa shape index (κ1) is 22.7. The number of halogens is 2. The maximum absolute atomic E-state index is 14.0. The lowest BCUT2D eigenvalue weighted by Crippen LogP contribution is -2.27. The highest BCUT2D eigenvalue weighted by Crippen LogP contribution is 2.32. The highest BCUT2D eigenvalue weighted by atomic mass is 32.1. The van der Waals surface area contributed by atoms with Crippen LogP contribution in [0.3, 0.4) is 0 Å². The number of rotatable bonds is 6. The number of thiazole rings is 1. The summed E-state index contributed by atoms with van der Waals surface area (Å²) in [4.78, 5) is 29.4. The molecule has 1 atom stereocenters. The second kappa shape index (κ2) is 9.27. The minimum absolute atomic E-state index is 0.00922. The molecule has 0 saturated carbocycles. The first-order chi connectivity index (χ1) is 16.9. The van der Waals surface area contributed by atoms with Gasteiger partial charge in [-0.25, -0.2) is 13.8 Å². The maximum Gasteiger partial charge on any atom is 0.251 e. The van der Waals surface area contributed by atoms with Gasteiger partial charge < -0.3 is 16.4 Å². The molecule has 0 fully saturated rings. The van der Waals surface area contributed by atoms with Crippen LogP contribution in [-0.2, 0) is 6.42 Å². The Morgan fingerprint density at radius 3 is 2.43 bits per heavy atom. The number of nitrogens with two attached hydrogens (primary N) is 1. The number of ketones is 1. The number of hydrogen-bond acceptors (Lipinski definition) is 6. The van der Waals surface area contributed by atoms with Gasteiger partial charge >= 0.3 is 0 Å². The van der Waals surface area contributed by atoms with Gasteiger partial charge in [-0.05, 0) is 60.4 Å². The van der Waals surface area contributed by atoms with Gasteiger partial charge in [0.25, 0.3) is 5.91 Å². The highest BCUT2D eigenvalue weighted by molar-refractivity contribution is 7.18. The number of aromatic nitrogens is 1. The third-order valence-corrected chi connectivity index (χ3v) is 6.87. The van der Waals surface area contributed by atoms with Crippen LogP contribution in [0.2, 0.25) is 0 Å². The quantitative estimate of drug-likeness (QED) is 0.315. The van der Waals surface area contributed by atoms with Crippen molar-refractivity contribution in [2.24, 2.45) is 0 Å². The monoisotopic (exact) mass is 490 g/mol. The molecule has 1 aromatic heterocycles. The van der Waals surface area contributed by atoms with Crippen LogP contribution in [0, 0.1) is 11.6 Å². The van der Waals surface area contributed by atoms with Gasteiger partial charge in [0, 0.05) is 11.3 Å². The summed E-state index contributed by atoms with van der Waals surface area (Å²) in [6.07, 6.45) is 1.81. The summed E-state index contributed by atoms with van der Waals surface area (Å²) in [5, 5.41) is 6.37. The van der Waals surface area contributed by atoms with Crippen molar-refractivity contribution in [2.45, 2.75) is 18.9 Å². The maximum atomic E-state index is 14.0. The topological polar surface area (TPSA) is 97.1 Å². The van der Waals surface area contributed by atoms with Crippen LogP contribution in [0.4, 0.5) is 25.4 Å². The summed E-state index contributed by atoms with van der Waals surface area (Å²) < 4.78 is 28.0. The first-order valence-electron chi connectivity index (χ1n) is 10.9. The molecule has 1 unspecified atom stereocenters. The fourth-order valence-corrected chi connectivity index (χ4v) is 5.00. The molecule has 0 spiro atoms. The van der Waals surface area contributed by atoms with Gasteiger partial charge in [0.15, 0.2) is 5.13 Å². The van der Waals surface area contributed by atoms with E-state index in [-0.39, 0.29) is 27.8 Å². The fraction of sp³-hybridized carbons (Fsp3) is 0.115. The van der Waals surface area contributed by atoms with Crippen LogP contribution in [0.1, 0.15) is 49.2 Å². The van der Waals surface area contributed by atoms with Crippen LogP contribution in [0.15, 0.2) is 66.7 Å². The lowest BCUT2D eigenvalue weighted by atomic mass is 10.1. The molecule has 4 N–H and O–H groups in total. The predicted molar refractivity (Wildman–Crippen MR) is 131 cm³/mol. The molecule has 4 aromatic rings. The Labute approximate surface area is 203 Å². The van der Waals surface area contributed by atoms with E-state index in [0.717, 1.165) is 41.9 Å². The Kier molecular flexibility index (Phi) is 6.00. The number of carbonyl (C=O) groups is 2. The van der Waals surface area contributed by atoms with Crippen molar-refractivity contribution < 1.29 is 18.4 Å². The number of benzene rings is 3. The Morgan fingerprint density at radius 1 is 0.971 bits per heavy atom. The van der Waals surface area contributed by atoms with Crippen molar-refractivity contribution in [3.8, 4) is 0 Å². The van der Waals surface area contributed by atoms with Crippen molar-refractivity contribution >= 4 is 39.7 Å². The molecule has 1 amide bonds. The standard InChI is InChI=1S/C26H20F2N4O2S/c27-18-6-3-7-19(28)21(18)22(33)23-24(29)32-26(35-23)30-16-11-8-15(9-12-16)25(34)31-20-13-10-14-4-1-2-5-17(14)20/h1-9,11-12,20H,10,13,29H2,(H,30,32)(H,31,34). The number of nitrogen functional groups attached to an aromatic ring is 1. The lowest BCUT2D eigenvalue weighted by molar-refractivity contribution is 0.0936. The molecule has 0 bridgehead atoms. The second-order valence-corrected chi connectivity index (χ2v) is 9.12. The van der Waals surface area contributed by atoms with E-state index >= 15 is 0 Å². The number of carbonyl (C=O) groups excluding carboxylic acids is 2. The van der Waals surface area contributed by atoms with Crippen LogP contribution in [0.25, 0.3) is 0 Å². The zero-order valence-electron chi connectivity index (χ0n) is 18.3. The summed E-state index contributed by atoms with van der Waals surface area (Å²) in [7, 11) is 0. The molecule has 9 heteroatoms. The molecule has 6 nitrogen and oxygen atoms in total. The summed E-state index contributed by atoms with van der Waals surface area (Å²) in [6.45, 7) is 0. The largest absolute Gasteiger partial charge is 0.382 e. The van der Waals surface area contributed by atoms with E-state index in [9.17, 15) is 18.4 Å². The van der Waals surface area contributed by atoms with E-state index in [1.165, 1.54) is 11.6 Å². The van der Waals surface area contributed by atoms with Gasteiger partial charge in [-0.3, -0.25) is 9.59 Å². The summed E-state index contributed by atoms with van der Waals surface area (Å²) in [5.41, 5.74) is 8.70. The SMILES string of the molecule is Nc1nc(Nc2ccc(C(=O)NC3CCc4ccccc43)cc2)sc1C(=O)c1c(F)cccc1F. The molecule has 3 aromatic carbocycles. The number of nitrogens with zero attached hydrogens (tertiary/aromatic N) is 1. The molecule has 0 aliphatic heterocycles. The fourth-order valence-electron chi connectivity index (χ4n) is 4.15. The highest BCUT2D eigenvalue weighted by Gasteiger charge is 2.25. The Bertz CT molecular complexity index is 1420. The summed E-state index contributed by atoms with van der Waals surface area (Å²) in [6, 6.07) is 18.0. The molecular weight excluding hydrogens is 470 g/mol. The van der Waals surface area contributed by atoms with Gasteiger partial charge in [0.2, 0.25) is 5.78 Å². The van der Waals surface area contributed by atoms with Gasteiger partial charge in [-0.2, -0.15) is 0 Å². The Morgan fingerprint density at radius 2 is 1.69 bits per heavy atom. The third kappa shape index (κ3) is 4.50. The lowest BCUT2D eigenvalue weighted by Gasteiger charge is -2.14. The summed E-state index contributed by atoms with van der Waals surface area (Å²) >= 11 is 0.891. The average molecular weight is 491 g/mol. The van der Waals surface area contributed by atoms with Crippen LogP contribution < -0.4 is 16.4 Å². The molecule has 0 saturated heterocycles. The van der Waals surface area contributed by atoms with E-state index in [1.807, 2.05) is 18.2 Å². The molecule has 1 aliphatic rings. The second-order valence-electron chi connectivity index (χ2n) is 8.13. The number of hydrogen-bond donors (Lipinski definition) is 3. The smallest absolute Gasteiger partial charge is 0.251 e. The van der Waals surface area contributed by atoms with E-state index in [0.29, 0.717) is 11.3 Å². The molecule has 5 rings (SSSR count). The molecule has 176 valence electrons. The van der Waals surface area contributed by atoms with Gasteiger partial charge in [-0.1, -0.05) is 41.7 Å². The van der Waals surface area contributed by atoms with Crippen molar-refractivity contribution in [2.75, 3.05) is 11.1 Å². The minimum Gasteiger partial charge on any atom is -0.382 e. The third-order valence-electron chi connectivity index (χ3n) is 5.89. The van der Waals surface area contributed by atoms with Gasteiger partial charge in [0.1, 0.15) is 22.3 Å². The normalized spacial score (nSPS) is 14.4. The van der Waals surface area contributed by atoms with Crippen molar-refractivity contribution in [3.05, 3.63) is 105 Å². The molecule has 1 heterocycles. The molecule has 0 radical (unpaired) electrons. The van der Waals surface area contributed by atoms with Crippen LogP contribution in [-0.4, -0.2) is 16.7 Å². The van der Waals surface area contributed by atoms with Crippen LogP contribution in [0.5, 0.6) is 0 Å². The first-order valence-corrected chi connectivity index (χ1v) is 11.7. The Hall–Kier alpha value is -4.11. The average Bonchev–Trinajstić information content (AvgIpc) is 3.42. The predicted octanol–water partition coefficient (Wildman–Crippen LogP) is 5.40. The zero-order valence-corrected chi connectivity index (χ0v) is 19.2. The van der Waals surface area contributed by atoms with Crippen LogP contribution >= 0.6 is 11.3 Å². The number of anilines is 3. The molecule has 1 aliphatic carbocycles. The van der Waals surface area contributed by atoms with E-state index in [4.69, 9.17) is 5.73 Å². The minimum atomic E-state index is -0.965. The Balaban J connectivity index is 1.27. The number of aryl methyl sites for hydroxylation is 1. The molecule has 35 heavy (non-hydrogen) atoms. The summed E-state index contributed by atoms with van der Waals surface area (Å²) in [5.74, 6) is -3.10. The van der Waals surface area contributed by atoms with E-state index in [2.05, 4.69) is 21.7 Å². The number of nitrogens with one attached hydrogen (secondary N) is 2. The van der Waals surface area contributed by atoms with E-state index < -0.39 is 23.0 Å². The number of fused-ring (bicyclic) bond motifs is 1. The van der Waals surface area contributed by atoms with Crippen molar-refractivity contribution in [3.63, 3.8) is 0 Å². The zero-order chi connectivity index (χ0) is 24.5. The molecular formula is C26H20F2N4O2S. The van der Waals surface area contributed by atoms with Gasteiger partial charge in [0.05, 0.1) is 11.6 Å². The number of amides is 1.